The molecule has 7 nitrogen and oxygen atoms in total. The van der Waals surface area contributed by atoms with Crippen molar-refractivity contribution < 1.29 is 18.5 Å². The molecule has 1 N–H and O–H groups in total. The minimum absolute atomic E-state index is 0.0212. The normalized spacial score (nSPS) is 14.4. The molecule has 0 saturated heterocycles. The zero-order valence-corrected chi connectivity index (χ0v) is 17.8. The van der Waals surface area contributed by atoms with Gasteiger partial charge in [0.25, 0.3) is 5.91 Å². The lowest BCUT2D eigenvalue weighted by atomic mass is 9.92. The van der Waals surface area contributed by atoms with Crippen LogP contribution in [0.3, 0.4) is 0 Å². The van der Waals surface area contributed by atoms with Gasteiger partial charge in [-0.3, -0.25) is 14.6 Å². The molecule has 0 bridgehead atoms. The van der Waals surface area contributed by atoms with E-state index in [-0.39, 0.29) is 17.9 Å². The highest BCUT2D eigenvalue weighted by atomic mass is 19.1. The van der Waals surface area contributed by atoms with Crippen LogP contribution in [0.2, 0.25) is 0 Å². The SMILES string of the molecule is Cc1oncc1C(=O)NC(C)c1cncc(-c2cc3c(cc2F)N(C)C(=O)CC3)c1C. The van der Waals surface area contributed by atoms with Crippen LogP contribution < -0.4 is 10.2 Å². The first kappa shape index (κ1) is 20.7. The molecule has 1 aliphatic heterocycles. The number of rotatable bonds is 4. The molecule has 0 radical (unpaired) electrons. The van der Waals surface area contributed by atoms with E-state index < -0.39 is 5.82 Å². The largest absolute Gasteiger partial charge is 0.361 e. The van der Waals surface area contributed by atoms with Gasteiger partial charge in [-0.25, -0.2) is 4.39 Å². The van der Waals surface area contributed by atoms with Crippen LogP contribution in [0.15, 0.2) is 35.2 Å². The Labute approximate surface area is 179 Å². The van der Waals surface area contributed by atoms with Gasteiger partial charge in [-0.1, -0.05) is 5.16 Å². The van der Waals surface area contributed by atoms with Crippen LogP contribution in [-0.4, -0.2) is 29.0 Å². The molecule has 0 aliphatic carbocycles. The molecule has 0 spiro atoms. The highest BCUT2D eigenvalue weighted by Gasteiger charge is 2.25. The number of hydrogen-bond donors (Lipinski definition) is 1. The Hall–Kier alpha value is -3.55. The van der Waals surface area contributed by atoms with Gasteiger partial charge in [0.1, 0.15) is 17.1 Å². The van der Waals surface area contributed by atoms with Crippen molar-refractivity contribution in [3.05, 3.63) is 64.6 Å². The van der Waals surface area contributed by atoms with Crippen molar-refractivity contribution in [1.82, 2.24) is 15.5 Å². The third-order valence-electron chi connectivity index (χ3n) is 5.87. The van der Waals surface area contributed by atoms with Gasteiger partial charge in [0.2, 0.25) is 5.91 Å². The third-order valence-corrected chi connectivity index (χ3v) is 5.87. The quantitative estimate of drug-likeness (QED) is 0.689. The molecule has 160 valence electrons. The van der Waals surface area contributed by atoms with E-state index in [9.17, 15) is 9.59 Å². The van der Waals surface area contributed by atoms with Crippen molar-refractivity contribution in [1.29, 1.82) is 0 Å². The molecule has 31 heavy (non-hydrogen) atoms. The van der Waals surface area contributed by atoms with E-state index in [4.69, 9.17) is 4.52 Å². The Morgan fingerprint density at radius 1 is 1.19 bits per heavy atom. The van der Waals surface area contributed by atoms with Gasteiger partial charge in [-0.2, -0.15) is 0 Å². The van der Waals surface area contributed by atoms with E-state index in [1.807, 2.05) is 13.8 Å². The molecule has 1 aliphatic rings. The number of nitrogens with one attached hydrogen (secondary N) is 1. The molecule has 3 heterocycles. The number of amides is 2. The predicted molar refractivity (Wildman–Crippen MR) is 113 cm³/mol. The van der Waals surface area contributed by atoms with Crippen LogP contribution in [-0.2, 0) is 11.2 Å². The number of anilines is 1. The number of aryl methyl sites for hydroxylation is 2. The van der Waals surface area contributed by atoms with Gasteiger partial charge >= 0.3 is 0 Å². The number of pyridine rings is 1. The topological polar surface area (TPSA) is 88.3 Å². The van der Waals surface area contributed by atoms with Crippen LogP contribution in [0.25, 0.3) is 11.1 Å². The van der Waals surface area contributed by atoms with E-state index in [1.165, 1.54) is 17.2 Å². The summed E-state index contributed by atoms with van der Waals surface area (Å²) in [4.78, 5) is 30.3. The summed E-state index contributed by atoms with van der Waals surface area (Å²) in [7, 11) is 1.66. The fourth-order valence-electron chi connectivity index (χ4n) is 3.99. The van der Waals surface area contributed by atoms with Crippen LogP contribution in [0.1, 0.15) is 52.2 Å². The van der Waals surface area contributed by atoms with Crippen LogP contribution in [0.5, 0.6) is 0 Å². The van der Waals surface area contributed by atoms with Crippen molar-refractivity contribution >= 4 is 17.5 Å². The molecule has 0 saturated carbocycles. The number of fused-ring (bicyclic) bond motifs is 1. The molecule has 1 aromatic carbocycles. The van der Waals surface area contributed by atoms with Crippen molar-refractivity contribution in [2.45, 2.75) is 39.7 Å². The molecule has 2 aromatic heterocycles. The minimum atomic E-state index is -0.417. The van der Waals surface area contributed by atoms with E-state index in [1.54, 1.807) is 32.4 Å². The summed E-state index contributed by atoms with van der Waals surface area (Å²) in [6, 6.07) is 2.84. The van der Waals surface area contributed by atoms with E-state index >= 15 is 4.39 Å². The third kappa shape index (κ3) is 3.69. The Morgan fingerprint density at radius 3 is 2.68 bits per heavy atom. The first-order valence-corrected chi connectivity index (χ1v) is 10.0. The summed E-state index contributed by atoms with van der Waals surface area (Å²) in [5.41, 5.74) is 4.58. The highest BCUT2D eigenvalue weighted by molar-refractivity contribution is 5.96. The highest BCUT2D eigenvalue weighted by Crippen LogP contribution is 2.36. The molecule has 1 unspecified atom stereocenters. The van der Waals surface area contributed by atoms with Gasteiger partial charge in [0.05, 0.1) is 12.2 Å². The minimum Gasteiger partial charge on any atom is -0.361 e. The molecule has 0 fully saturated rings. The fourth-order valence-corrected chi connectivity index (χ4v) is 3.99. The summed E-state index contributed by atoms with van der Waals surface area (Å²) in [5, 5.41) is 6.55. The number of carbonyl (C=O) groups is 2. The van der Waals surface area contributed by atoms with Crippen LogP contribution in [0.4, 0.5) is 10.1 Å². The molecule has 2 amide bonds. The summed E-state index contributed by atoms with van der Waals surface area (Å²) in [6.07, 6.45) is 5.65. The standard InChI is InChI=1S/C23H23FN4O3/c1-12-17(13(2)27-23(30)19-11-26-31-14(19)3)9-25-10-18(12)16-7-15-5-6-22(29)28(4)21(15)8-20(16)24/h7-11,13H,5-6H2,1-4H3,(H,27,30). The van der Waals surface area contributed by atoms with Gasteiger partial charge in [0, 0.05) is 42.7 Å². The van der Waals surface area contributed by atoms with Crippen LogP contribution >= 0.6 is 0 Å². The fraction of sp³-hybridized carbons (Fsp3) is 0.304. The maximum atomic E-state index is 15.1. The Morgan fingerprint density at radius 2 is 1.97 bits per heavy atom. The van der Waals surface area contributed by atoms with Gasteiger partial charge < -0.3 is 14.7 Å². The van der Waals surface area contributed by atoms with E-state index in [2.05, 4.69) is 15.5 Å². The zero-order chi connectivity index (χ0) is 22.3. The number of carbonyl (C=O) groups excluding carboxylic acids is 2. The van der Waals surface area contributed by atoms with Gasteiger partial charge in [-0.15, -0.1) is 0 Å². The number of nitrogens with zero attached hydrogens (tertiary/aromatic N) is 3. The monoisotopic (exact) mass is 422 g/mol. The molecular weight excluding hydrogens is 399 g/mol. The number of halogens is 1. The maximum absolute atomic E-state index is 15.1. The maximum Gasteiger partial charge on any atom is 0.256 e. The van der Waals surface area contributed by atoms with Crippen LogP contribution in [0, 0.1) is 19.7 Å². The summed E-state index contributed by atoms with van der Waals surface area (Å²) in [6.45, 7) is 5.40. The summed E-state index contributed by atoms with van der Waals surface area (Å²) in [5.74, 6) is -0.303. The zero-order valence-electron chi connectivity index (χ0n) is 17.8. The Balaban J connectivity index is 1.67. The van der Waals surface area contributed by atoms with Crippen molar-refractivity contribution in [2.75, 3.05) is 11.9 Å². The van der Waals surface area contributed by atoms with Gasteiger partial charge in [0.15, 0.2) is 0 Å². The summed E-state index contributed by atoms with van der Waals surface area (Å²) < 4.78 is 20.0. The number of benzene rings is 1. The first-order valence-electron chi connectivity index (χ1n) is 10.0. The smallest absolute Gasteiger partial charge is 0.256 e. The lowest BCUT2D eigenvalue weighted by Gasteiger charge is -2.27. The molecule has 3 aromatic rings. The molecular formula is C23H23FN4O3. The lowest BCUT2D eigenvalue weighted by Crippen LogP contribution is -2.31. The molecule has 1 atom stereocenters. The second kappa shape index (κ2) is 7.94. The second-order valence-electron chi connectivity index (χ2n) is 7.81. The Bertz CT molecular complexity index is 1190. The molecule has 8 heteroatoms. The van der Waals surface area contributed by atoms with E-state index in [0.717, 1.165) is 16.7 Å². The Kier molecular flexibility index (Phi) is 5.31. The number of hydrogen-bond acceptors (Lipinski definition) is 5. The predicted octanol–water partition coefficient (Wildman–Crippen LogP) is 3.89. The molecule has 4 rings (SSSR count). The first-order chi connectivity index (χ1) is 14.8. The number of aromatic nitrogens is 2. The van der Waals surface area contributed by atoms with Crippen molar-refractivity contribution in [3.63, 3.8) is 0 Å². The second-order valence-corrected chi connectivity index (χ2v) is 7.81. The average Bonchev–Trinajstić information content (AvgIpc) is 3.17. The summed E-state index contributed by atoms with van der Waals surface area (Å²) >= 11 is 0. The van der Waals surface area contributed by atoms with Crippen molar-refractivity contribution in [3.8, 4) is 11.1 Å². The van der Waals surface area contributed by atoms with Crippen molar-refractivity contribution in [2.24, 2.45) is 0 Å². The van der Waals surface area contributed by atoms with E-state index in [0.29, 0.717) is 41.0 Å². The average molecular weight is 422 g/mol. The van der Waals surface area contributed by atoms with Gasteiger partial charge in [-0.05, 0) is 56.0 Å². The lowest BCUT2D eigenvalue weighted by molar-refractivity contribution is -0.118.